The van der Waals surface area contributed by atoms with Crippen LogP contribution in [0.3, 0.4) is 0 Å². The number of aromatic hydroxyl groups is 2. The molecule has 2 heteroatoms. The van der Waals surface area contributed by atoms with E-state index in [-0.39, 0.29) is 11.5 Å². The van der Waals surface area contributed by atoms with Gasteiger partial charge >= 0.3 is 0 Å². The fraction of sp³-hybridized carbons (Fsp3) is 0.455. The normalized spacial score (nSPS) is 12.4. The number of allylic oxidation sites excluding steroid dienone is 6. The molecule has 2 N–H and O–H groups in total. The largest absolute Gasteiger partial charge is 0.504 e. The molecule has 0 saturated heterocycles. The lowest BCUT2D eigenvalue weighted by Crippen LogP contribution is -1.90. The maximum atomic E-state index is 9.97. The van der Waals surface area contributed by atoms with Crippen molar-refractivity contribution in [1.29, 1.82) is 0 Å². The molecular weight excluding hydrogens is 296 g/mol. The van der Waals surface area contributed by atoms with E-state index >= 15 is 0 Å². The SMILES string of the molecule is CC(C)=CCCC(C)=CCCC(C)=CCc1c(C)ccc(O)c1O. The van der Waals surface area contributed by atoms with Crippen LogP contribution in [0.15, 0.2) is 47.1 Å². The first-order valence-corrected chi connectivity index (χ1v) is 8.76. The van der Waals surface area contributed by atoms with Crippen LogP contribution in [-0.2, 0) is 6.42 Å². The molecule has 0 heterocycles. The van der Waals surface area contributed by atoms with Gasteiger partial charge in [-0.15, -0.1) is 0 Å². The Kier molecular flexibility index (Phi) is 8.39. The van der Waals surface area contributed by atoms with Gasteiger partial charge in [0.25, 0.3) is 0 Å². The second kappa shape index (κ2) is 10.0. The van der Waals surface area contributed by atoms with Crippen molar-refractivity contribution in [2.45, 2.75) is 66.7 Å². The van der Waals surface area contributed by atoms with Crippen LogP contribution in [0, 0.1) is 6.92 Å². The third kappa shape index (κ3) is 7.08. The van der Waals surface area contributed by atoms with Gasteiger partial charge in [0.2, 0.25) is 0 Å². The molecule has 0 spiro atoms. The summed E-state index contributed by atoms with van der Waals surface area (Å²) in [5, 5.41) is 19.6. The number of hydrogen-bond acceptors (Lipinski definition) is 2. The second-order valence-electron chi connectivity index (χ2n) is 6.89. The molecule has 0 amide bonds. The van der Waals surface area contributed by atoms with Crippen molar-refractivity contribution in [1.82, 2.24) is 0 Å². The molecule has 0 aromatic heterocycles. The molecule has 2 nitrogen and oxygen atoms in total. The van der Waals surface area contributed by atoms with Crippen LogP contribution in [0.5, 0.6) is 11.5 Å². The molecule has 1 aromatic carbocycles. The third-order valence-electron chi connectivity index (χ3n) is 4.27. The summed E-state index contributed by atoms with van der Waals surface area (Å²) in [7, 11) is 0. The highest BCUT2D eigenvalue weighted by Crippen LogP contribution is 2.31. The van der Waals surface area contributed by atoms with Crippen LogP contribution in [0.1, 0.15) is 64.5 Å². The highest BCUT2D eigenvalue weighted by atomic mass is 16.3. The van der Waals surface area contributed by atoms with E-state index in [1.165, 1.54) is 22.8 Å². The quantitative estimate of drug-likeness (QED) is 0.430. The van der Waals surface area contributed by atoms with Gasteiger partial charge < -0.3 is 10.2 Å². The first-order chi connectivity index (χ1) is 11.3. The van der Waals surface area contributed by atoms with E-state index in [4.69, 9.17) is 0 Å². The van der Waals surface area contributed by atoms with Gasteiger partial charge in [0.05, 0.1) is 0 Å². The molecular formula is C22H32O2. The predicted octanol–water partition coefficient (Wildman–Crippen LogP) is 6.37. The van der Waals surface area contributed by atoms with Gasteiger partial charge in [0, 0.05) is 5.56 Å². The molecule has 0 aliphatic heterocycles. The number of phenols is 2. The van der Waals surface area contributed by atoms with Gasteiger partial charge in [0.1, 0.15) is 0 Å². The molecule has 0 atom stereocenters. The lowest BCUT2D eigenvalue weighted by Gasteiger charge is -2.08. The predicted molar refractivity (Wildman–Crippen MR) is 104 cm³/mol. The van der Waals surface area contributed by atoms with Crippen LogP contribution in [-0.4, -0.2) is 10.2 Å². The Morgan fingerprint density at radius 2 is 1.46 bits per heavy atom. The van der Waals surface area contributed by atoms with Crippen molar-refractivity contribution in [3.05, 3.63) is 58.2 Å². The Hall–Kier alpha value is -1.96. The monoisotopic (exact) mass is 328 g/mol. The fourth-order valence-corrected chi connectivity index (χ4v) is 2.60. The van der Waals surface area contributed by atoms with Crippen molar-refractivity contribution < 1.29 is 10.2 Å². The summed E-state index contributed by atoms with van der Waals surface area (Å²) in [6, 6.07) is 3.37. The minimum absolute atomic E-state index is 0.00839. The maximum Gasteiger partial charge on any atom is 0.161 e. The fourth-order valence-electron chi connectivity index (χ4n) is 2.60. The molecule has 1 aromatic rings. The number of aryl methyl sites for hydroxylation is 1. The zero-order valence-electron chi connectivity index (χ0n) is 15.8. The summed E-state index contributed by atoms with van der Waals surface area (Å²) in [6.45, 7) is 10.6. The molecule has 0 aliphatic rings. The van der Waals surface area contributed by atoms with Gasteiger partial charge in [-0.3, -0.25) is 0 Å². The first kappa shape index (κ1) is 20.1. The molecule has 132 valence electrons. The zero-order chi connectivity index (χ0) is 18.1. The van der Waals surface area contributed by atoms with E-state index in [0.717, 1.165) is 36.8 Å². The molecule has 0 aliphatic carbocycles. The Morgan fingerprint density at radius 1 is 0.875 bits per heavy atom. The lowest BCUT2D eigenvalue weighted by molar-refractivity contribution is 0.400. The van der Waals surface area contributed by atoms with Gasteiger partial charge in [-0.1, -0.05) is 41.0 Å². The topological polar surface area (TPSA) is 40.5 Å². The Balaban J connectivity index is 2.51. The smallest absolute Gasteiger partial charge is 0.161 e. The van der Waals surface area contributed by atoms with Gasteiger partial charge in [-0.25, -0.2) is 0 Å². The summed E-state index contributed by atoms with van der Waals surface area (Å²) in [5.41, 5.74) is 5.95. The van der Waals surface area contributed by atoms with Crippen LogP contribution in [0.2, 0.25) is 0 Å². The first-order valence-electron chi connectivity index (χ1n) is 8.76. The number of hydrogen-bond donors (Lipinski definition) is 2. The highest BCUT2D eigenvalue weighted by Gasteiger charge is 2.08. The summed E-state index contributed by atoms with van der Waals surface area (Å²) in [5.74, 6) is -0.0364. The minimum atomic E-state index is -0.0448. The molecule has 0 bridgehead atoms. The molecule has 0 saturated carbocycles. The van der Waals surface area contributed by atoms with Gasteiger partial charge in [-0.2, -0.15) is 0 Å². The van der Waals surface area contributed by atoms with Crippen LogP contribution in [0.25, 0.3) is 0 Å². The van der Waals surface area contributed by atoms with E-state index in [2.05, 4.69) is 45.9 Å². The maximum absolute atomic E-state index is 9.97. The Labute approximate surface area is 147 Å². The van der Waals surface area contributed by atoms with Crippen molar-refractivity contribution >= 4 is 0 Å². The van der Waals surface area contributed by atoms with Crippen molar-refractivity contribution in [2.75, 3.05) is 0 Å². The van der Waals surface area contributed by atoms with Gasteiger partial charge in [-0.05, 0) is 78.4 Å². The van der Waals surface area contributed by atoms with E-state index in [0.29, 0.717) is 6.42 Å². The van der Waals surface area contributed by atoms with Crippen LogP contribution in [0.4, 0.5) is 0 Å². The van der Waals surface area contributed by atoms with Crippen molar-refractivity contribution in [3.63, 3.8) is 0 Å². The minimum Gasteiger partial charge on any atom is -0.504 e. The van der Waals surface area contributed by atoms with E-state index < -0.39 is 0 Å². The third-order valence-corrected chi connectivity index (χ3v) is 4.27. The summed E-state index contributed by atoms with van der Waals surface area (Å²) in [6.07, 6.45) is 11.7. The second-order valence-corrected chi connectivity index (χ2v) is 6.89. The molecule has 0 radical (unpaired) electrons. The molecule has 1 rings (SSSR count). The molecule has 0 unspecified atom stereocenters. The Bertz CT molecular complexity index is 630. The van der Waals surface area contributed by atoms with Gasteiger partial charge in [0.15, 0.2) is 11.5 Å². The summed E-state index contributed by atoms with van der Waals surface area (Å²) < 4.78 is 0. The summed E-state index contributed by atoms with van der Waals surface area (Å²) in [4.78, 5) is 0. The van der Waals surface area contributed by atoms with E-state index in [9.17, 15) is 10.2 Å². The highest BCUT2D eigenvalue weighted by molar-refractivity contribution is 5.49. The van der Waals surface area contributed by atoms with Crippen LogP contribution >= 0.6 is 0 Å². The van der Waals surface area contributed by atoms with Crippen molar-refractivity contribution in [3.8, 4) is 11.5 Å². The number of rotatable bonds is 8. The van der Waals surface area contributed by atoms with E-state index in [1.54, 1.807) is 0 Å². The standard InChI is InChI=1S/C22H32O2/c1-16(2)8-6-9-17(3)10-7-11-18(4)12-14-20-19(5)13-15-21(23)22(20)24/h8,10,12-13,15,23-24H,6-7,9,11,14H2,1-5H3. The molecule has 0 fully saturated rings. The van der Waals surface area contributed by atoms with E-state index in [1.807, 2.05) is 13.0 Å². The number of benzene rings is 1. The van der Waals surface area contributed by atoms with Crippen molar-refractivity contribution in [2.24, 2.45) is 0 Å². The number of phenolic OH excluding ortho intramolecular Hbond substituents is 2. The Morgan fingerprint density at radius 3 is 2.08 bits per heavy atom. The zero-order valence-corrected chi connectivity index (χ0v) is 15.8. The molecule has 24 heavy (non-hydrogen) atoms. The lowest BCUT2D eigenvalue weighted by atomic mass is 10.0. The average molecular weight is 328 g/mol. The average Bonchev–Trinajstić information content (AvgIpc) is 2.50. The van der Waals surface area contributed by atoms with Crippen LogP contribution < -0.4 is 0 Å². The summed E-state index contributed by atoms with van der Waals surface area (Å²) >= 11 is 0.